The molecule has 14 heteroatoms. The highest BCUT2D eigenvalue weighted by atomic mass is 35.5. The van der Waals surface area contributed by atoms with Crippen LogP contribution in [0.15, 0.2) is 24.3 Å². The van der Waals surface area contributed by atoms with Crippen LogP contribution in [0.2, 0.25) is 5.02 Å². The fourth-order valence-corrected chi connectivity index (χ4v) is 7.82. The van der Waals surface area contributed by atoms with Gasteiger partial charge in [-0.05, 0) is 50.8 Å². The van der Waals surface area contributed by atoms with Gasteiger partial charge in [0, 0.05) is 37.3 Å². The number of carbonyl (C=O) groups is 3. The van der Waals surface area contributed by atoms with Gasteiger partial charge in [-0.1, -0.05) is 23.7 Å². The van der Waals surface area contributed by atoms with Crippen LogP contribution >= 0.6 is 11.6 Å². The first-order chi connectivity index (χ1) is 18.2. The first-order valence-corrected chi connectivity index (χ1v) is 14.3. The number of hydrogen-bond acceptors (Lipinski definition) is 7. The molecule has 0 spiro atoms. The minimum atomic E-state index is -4.01. The predicted molar refractivity (Wildman–Crippen MR) is 142 cm³/mol. The largest absolute Gasteiger partial charge is 0.465 e. The third-order valence-corrected chi connectivity index (χ3v) is 11.3. The smallest absolute Gasteiger partial charge is 0.405 e. The molecule has 12 nitrogen and oxygen atoms in total. The van der Waals surface area contributed by atoms with Gasteiger partial charge in [-0.3, -0.25) is 14.3 Å². The van der Waals surface area contributed by atoms with Gasteiger partial charge in [-0.2, -0.15) is 5.10 Å². The molecule has 39 heavy (non-hydrogen) atoms. The number of carboxylic acid groups (broad SMARTS) is 1. The van der Waals surface area contributed by atoms with Gasteiger partial charge in [0.05, 0.1) is 22.1 Å². The van der Waals surface area contributed by atoms with Crippen molar-refractivity contribution >= 4 is 39.3 Å². The Morgan fingerprint density at radius 3 is 2.44 bits per heavy atom. The lowest BCUT2D eigenvalue weighted by Gasteiger charge is -2.38. The van der Waals surface area contributed by atoms with E-state index in [4.69, 9.17) is 16.7 Å². The van der Waals surface area contributed by atoms with E-state index in [0.29, 0.717) is 29.8 Å². The Bertz CT molecular complexity index is 1400. The number of fused-ring (bicyclic) bond motifs is 1. The summed E-state index contributed by atoms with van der Waals surface area (Å²) in [5.41, 5.74) is 1.73. The van der Waals surface area contributed by atoms with Crippen molar-refractivity contribution in [1.29, 1.82) is 0 Å². The number of benzene rings is 1. The normalized spacial score (nSPS) is 17.4. The van der Waals surface area contributed by atoms with Crippen LogP contribution in [0.1, 0.15) is 58.8 Å². The number of aliphatic hydroxyl groups excluding tert-OH is 1. The van der Waals surface area contributed by atoms with Crippen molar-refractivity contribution in [3.05, 3.63) is 51.8 Å². The fourth-order valence-electron chi connectivity index (χ4n) is 5.10. The minimum Gasteiger partial charge on any atom is -0.465 e. The van der Waals surface area contributed by atoms with Crippen LogP contribution in [0.25, 0.3) is 0 Å². The van der Waals surface area contributed by atoms with Crippen LogP contribution in [0.4, 0.5) is 4.79 Å². The molecule has 4 N–H and O–H groups in total. The maximum absolute atomic E-state index is 13.8. The third kappa shape index (κ3) is 5.22. The molecule has 1 atom stereocenters. The highest BCUT2D eigenvalue weighted by molar-refractivity contribution is 7.94. The second kappa shape index (κ2) is 10.4. The number of aromatic nitrogens is 2. The molecule has 1 fully saturated rings. The number of carbonyl (C=O) groups excluding carboxylic acids is 2. The zero-order valence-corrected chi connectivity index (χ0v) is 23.5. The monoisotopic (exact) mass is 581 g/mol. The van der Waals surface area contributed by atoms with E-state index >= 15 is 0 Å². The second-order valence-corrected chi connectivity index (χ2v) is 13.9. The molecule has 0 radical (unpaired) electrons. The number of rotatable bonds is 10. The van der Waals surface area contributed by atoms with E-state index in [1.807, 2.05) is 0 Å². The van der Waals surface area contributed by atoms with Gasteiger partial charge in [-0.25, -0.2) is 13.2 Å². The van der Waals surface area contributed by atoms with Gasteiger partial charge in [0.25, 0.3) is 11.8 Å². The van der Waals surface area contributed by atoms with Crippen molar-refractivity contribution < 1.29 is 33.0 Å². The Morgan fingerprint density at radius 2 is 1.87 bits per heavy atom. The summed E-state index contributed by atoms with van der Waals surface area (Å²) in [5, 5.41) is 28.6. The molecule has 0 saturated heterocycles. The summed E-state index contributed by atoms with van der Waals surface area (Å²) in [5.74, 6) is -0.850. The summed E-state index contributed by atoms with van der Waals surface area (Å²) in [6.07, 6.45) is -0.503. The summed E-state index contributed by atoms with van der Waals surface area (Å²) in [6.45, 7) is 2.44. The van der Waals surface area contributed by atoms with Crippen molar-refractivity contribution in [2.75, 3.05) is 19.7 Å². The topological polar surface area (TPSA) is 171 Å². The van der Waals surface area contributed by atoms with Crippen LogP contribution in [-0.2, 0) is 29.9 Å². The Labute approximate surface area is 231 Å². The van der Waals surface area contributed by atoms with E-state index in [2.05, 4.69) is 15.7 Å². The van der Waals surface area contributed by atoms with Crippen LogP contribution in [0.3, 0.4) is 0 Å². The third-order valence-electron chi connectivity index (χ3n) is 7.72. The Balaban J connectivity index is 1.51. The summed E-state index contributed by atoms with van der Waals surface area (Å²) < 4.78 is 26.0. The van der Waals surface area contributed by atoms with Crippen molar-refractivity contribution in [2.45, 2.75) is 55.2 Å². The van der Waals surface area contributed by atoms with Gasteiger partial charge in [0.1, 0.15) is 5.69 Å². The Morgan fingerprint density at radius 1 is 1.23 bits per heavy atom. The lowest BCUT2D eigenvalue weighted by atomic mass is 10.0. The van der Waals surface area contributed by atoms with Crippen LogP contribution in [0, 0.1) is 0 Å². The molecule has 0 bridgehead atoms. The molecule has 4 rings (SSSR count). The molecule has 1 aromatic heterocycles. The summed E-state index contributed by atoms with van der Waals surface area (Å²) in [6, 6.07) is 5.79. The van der Waals surface area contributed by atoms with Gasteiger partial charge < -0.3 is 25.7 Å². The average molecular weight is 582 g/mol. The van der Waals surface area contributed by atoms with Crippen LogP contribution < -0.4 is 10.6 Å². The summed E-state index contributed by atoms with van der Waals surface area (Å²) in [4.78, 5) is 39.1. The molecule has 2 aliphatic rings. The second-order valence-electron chi connectivity index (χ2n) is 10.6. The lowest BCUT2D eigenvalue weighted by molar-refractivity contribution is 0.0724. The average Bonchev–Trinajstić information content (AvgIpc) is 3.59. The van der Waals surface area contributed by atoms with Crippen LogP contribution in [0.5, 0.6) is 0 Å². The number of hydrogen-bond donors (Lipinski definition) is 4. The Hall–Kier alpha value is -3.16. The van der Waals surface area contributed by atoms with Crippen molar-refractivity contribution in [2.24, 2.45) is 7.05 Å². The van der Waals surface area contributed by atoms with Gasteiger partial charge in [0.2, 0.25) is 0 Å². The van der Waals surface area contributed by atoms with Gasteiger partial charge >= 0.3 is 6.09 Å². The van der Waals surface area contributed by atoms with Gasteiger partial charge in [-0.15, -0.1) is 0 Å². The van der Waals surface area contributed by atoms with Gasteiger partial charge in [0.15, 0.2) is 15.5 Å². The molecule has 1 unspecified atom stereocenters. The number of aryl methyl sites for hydroxylation is 1. The van der Waals surface area contributed by atoms with E-state index in [1.54, 1.807) is 31.3 Å². The first kappa shape index (κ1) is 28.8. The highest BCUT2D eigenvalue weighted by Gasteiger charge is 2.62. The summed E-state index contributed by atoms with van der Waals surface area (Å²) in [7, 11) is -2.45. The molecule has 1 aliphatic carbocycles. The minimum absolute atomic E-state index is 0.0778. The summed E-state index contributed by atoms with van der Waals surface area (Å²) >= 11 is 5.90. The zero-order chi connectivity index (χ0) is 28.8. The SMILES string of the molecule is Cn1nc(C(=O)NCc2ccc(Cl)cc2)c2c1C(=O)N(CC1(S(=O)(=O)C(C)(C)C(CO)NC(=O)O)CC1)CC2. The number of nitrogens with one attached hydrogen (secondary N) is 2. The Kier molecular flexibility index (Phi) is 7.71. The zero-order valence-electron chi connectivity index (χ0n) is 21.9. The van der Waals surface area contributed by atoms with Crippen molar-refractivity contribution in [3.8, 4) is 0 Å². The lowest BCUT2D eigenvalue weighted by Crippen LogP contribution is -2.60. The maximum Gasteiger partial charge on any atom is 0.405 e. The fraction of sp³-hybridized carbons (Fsp3) is 0.520. The number of amides is 3. The molecule has 3 amide bonds. The maximum atomic E-state index is 13.8. The van der Waals surface area contributed by atoms with E-state index < -0.39 is 49.9 Å². The first-order valence-electron chi connectivity index (χ1n) is 12.5. The van der Waals surface area contributed by atoms with E-state index in [1.165, 1.54) is 23.4 Å². The molecule has 2 aromatic rings. The quantitative estimate of drug-likeness (QED) is 0.326. The molecule has 1 aromatic carbocycles. The molecule has 1 saturated carbocycles. The van der Waals surface area contributed by atoms with Crippen molar-refractivity contribution in [3.63, 3.8) is 0 Å². The number of sulfone groups is 1. The van der Waals surface area contributed by atoms with Crippen molar-refractivity contribution in [1.82, 2.24) is 25.3 Å². The van der Waals surface area contributed by atoms with Crippen LogP contribution in [-0.4, -0.2) is 86.5 Å². The molecular weight excluding hydrogens is 550 g/mol. The molecule has 212 valence electrons. The van der Waals surface area contributed by atoms with E-state index in [-0.39, 0.29) is 31.0 Å². The molecule has 2 heterocycles. The highest BCUT2D eigenvalue weighted by Crippen LogP contribution is 2.50. The standard InChI is InChI=1S/C25H32ClN5O7S/c1-24(2,18(13-32)28-23(35)36)39(37,38)25(9-10-25)14-31-11-8-17-19(29-30(3)20(17)22(31)34)21(33)27-12-15-4-6-16(26)7-5-15/h4-7,18,28,32H,8-14H2,1-3H3,(H,27,33)(H,35,36). The number of halogens is 1. The predicted octanol–water partition coefficient (Wildman–Crippen LogP) is 1.36. The molecule has 1 aliphatic heterocycles. The number of aliphatic hydroxyl groups is 1. The number of nitrogens with zero attached hydrogens (tertiary/aromatic N) is 3. The van der Waals surface area contributed by atoms with E-state index in [0.717, 1.165) is 5.56 Å². The van der Waals surface area contributed by atoms with E-state index in [9.17, 15) is 27.9 Å². The molecular formula is C25H32ClN5O7S.